The van der Waals surface area contributed by atoms with Gasteiger partial charge in [-0.05, 0) is 29.7 Å². The van der Waals surface area contributed by atoms with Crippen LogP contribution in [0.4, 0.5) is 0 Å². The van der Waals surface area contributed by atoms with Crippen molar-refractivity contribution in [3.63, 3.8) is 0 Å². The maximum Gasteiger partial charge on any atom is -0.00404 e. The van der Waals surface area contributed by atoms with Crippen LogP contribution in [0.1, 0.15) is 13.8 Å². The Kier molecular flexibility index (Phi) is 2.08. The van der Waals surface area contributed by atoms with Crippen LogP contribution in [0.2, 0.25) is 0 Å². The molecule has 1 aliphatic heterocycles. The SMILES string of the molecule is CC1=C(C)SSC=C1. The molecule has 0 aromatic rings. The molecule has 0 radical (unpaired) electrons. The highest BCUT2D eigenvalue weighted by atomic mass is 33.1. The molecule has 0 aliphatic carbocycles. The second-order valence-electron chi connectivity index (χ2n) is 1.72. The first kappa shape index (κ1) is 6.30. The molecule has 0 saturated carbocycles. The molecular formula is C6H8S2. The topological polar surface area (TPSA) is 0 Å². The van der Waals surface area contributed by atoms with Crippen LogP contribution >= 0.6 is 21.6 Å². The zero-order valence-electron chi connectivity index (χ0n) is 4.97. The van der Waals surface area contributed by atoms with Crippen LogP contribution in [-0.2, 0) is 0 Å². The van der Waals surface area contributed by atoms with Crippen molar-refractivity contribution in [2.45, 2.75) is 13.8 Å². The summed E-state index contributed by atoms with van der Waals surface area (Å²) in [6, 6.07) is 0. The van der Waals surface area contributed by atoms with Gasteiger partial charge in [0, 0.05) is 0 Å². The Bertz CT molecular complexity index is 145. The van der Waals surface area contributed by atoms with Crippen molar-refractivity contribution in [3.8, 4) is 0 Å². The summed E-state index contributed by atoms with van der Waals surface area (Å²) in [4.78, 5) is 1.43. The number of allylic oxidation sites excluding steroid dienone is 3. The van der Waals surface area contributed by atoms with E-state index < -0.39 is 0 Å². The molecule has 0 atom stereocenters. The summed E-state index contributed by atoms with van der Waals surface area (Å²) < 4.78 is 0. The third-order valence-corrected chi connectivity index (χ3v) is 3.39. The molecule has 0 saturated heterocycles. The van der Waals surface area contributed by atoms with Crippen LogP contribution < -0.4 is 0 Å². The van der Waals surface area contributed by atoms with Gasteiger partial charge < -0.3 is 0 Å². The summed E-state index contributed by atoms with van der Waals surface area (Å²) in [5.74, 6) is 0. The van der Waals surface area contributed by atoms with Crippen LogP contribution in [0.3, 0.4) is 0 Å². The summed E-state index contributed by atoms with van der Waals surface area (Å²) in [5.41, 5.74) is 1.40. The Labute approximate surface area is 57.8 Å². The highest BCUT2D eigenvalue weighted by molar-refractivity contribution is 8.79. The molecule has 0 spiro atoms. The minimum Gasteiger partial charge on any atom is -0.0609 e. The normalized spacial score (nSPS) is 19.8. The Balaban J connectivity index is 2.76. The Morgan fingerprint density at radius 2 is 2.12 bits per heavy atom. The van der Waals surface area contributed by atoms with Crippen molar-refractivity contribution in [1.82, 2.24) is 0 Å². The molecule has 1 aliphatic rings. The molecule has 44 valence electrons. The van der Waals surface area contributed by atoms with Gasteiger partial charge in [0.1, 0.15) is 0 Å². The van der Waals surface area contributed by atoms with E-state index in [1.54, 1.807) is 10.8 Å². The average Bonchev–Trinajstić information content (AvgIpc) is 1.77. The molecular weight excluding hydrogens is 136 g/mol. The Morgan fingerprint density at radius 1 is 1.38 bits per heavy atom. The summed E-state index contributed by atoms with van der Waals surface area (Å²) >= 11 is 0. The molecule has 0 fully saturated rings. The van der Waals surface area contributed by atoms with Gasteiger partial charge in [-0.3, -0.25) is 0 Å². The molecule has 0 aromatic heterocycles. The number of hydrogen-bond acceptors (Lipinski definition) is 2. The summed E-state index contributed by atoms with van der Waals surface area (Å²) in [7, 11) is 3.62. The highest BCUT2D eigenvalue weighted by Crippen LogP contribution is 2.36. The predicted octanol–water partition coefficient (Wildman–Crippen LogP) is 3.19. The van der Waals surface area contributed by atoms with Crippen LogP contribution in [0.25, 0.3) is 0 Å². The molecule has 2 heteroatoms. The summed E-state index contributed by atoms with van der Waals surface area (Å²) in [5, 5.41) is 2.12. The van der Waals surface area contributed by atoms with E-state index in [-0.39, 0.29) is 0 Å². The van der Waals surface area contributed by atoms with Crippen molar-refractivity contribution in [2.75, 3.05) is 0 Å². The van der Waals surface area contributed by atoms with Crippen LogP contribution in [0, 0.1) is 0 Å². The molecule has 0 N–H and O–H groups in total. The van der Waals surface area contributed by atoms with Crippen LogP contribution in [0.5, 0.6) is 0 Å². The fourth-order valence-corrected chi connectivity index (χ4v) is 2.23. The van der Waals surface area contributed by atoms with Crippen LogP contribution in [-0.4, -0.2) is 0 Å². The molecule has 8 heavy (non-hydrogen) atoms. The lowest BCUT2D eigenvalue weighted by atomic mass is 10.3. The fraction of sp³-hybridized carbons (Fsp3) is 0.333. The molecule has 0 nitrogen and oxygen atoms in total. The highest BCUT2D eigenvalue weighted by Gasteiger charge is 1.97. The molecule has 0 bridgehead atoms. The zero-order valence-corrected chi connectivity index (χ0v) is 6.60. The van der Waals surface area contributed by atoms with Gasteiger partial charge in [0.2, 0.25) is 0 Å². The van der Waals surface area contributed by atoms with Gasteiger partial charge in [-0.15, -0.1) is 0 Å². The van der Waals surface area contributed by atoms with Crippen molar-refractivity contribution in [1.29, 1.82) is 0 Å². The first-order chi connectivity index (χ1) is 3.80. The lowest BCUT2D eigenvalue weighted by Crippen LogP contribution is -1.75. The van der Waals surface area contributed by atoms with Crippen molar-refractivity contribution in [3.05, 3.63) is 22.0 Å². The fourth-order valence-electron chi connectivity index (χ4n) is 0.413. The molecule has 0 aromatic carbocycles. The second kappa shape index (κ2) is 2.65. The molecule has 0 amide bonds. The van der Waals surface area contributed by atoms with E-state index in [9.17, 15) is 0 Å². The maximum absolute atomic E-state index is 2.15. The maximum atomic E-state index is 2.15. The van der Waals surface area contributed by atoms with Crippen molar-refractivity contribution in [2.24, 2.45) is 0 Å². The third-order valence-electron chi connectivity index (χ3n) is 1.10. The van der Waals surface area contributed by atoms with Crippen molar-refractivity contribution < 1.29 is 0 Å². The lowest BCUT2D eigenvalue weighted by Gasteiger charge is -2.04. The first-order valence-electron chi connectivity index (χ1n) is 2.48. The predicted molar refractivity (Wildman–Crippen MR) is 42.7 cm³/mol. The standard InChI is InChI=1S/C6H8S2/c1-5-3-4-7-8-6(5)2/h3-4H,1-2H3. The van der Waals surface area contributed by atoms with E-state index in [4.69, 9.17) is 0 Å². The Morgan fingerprint density at radius 3 is 2.50 bits per heavy atom. The van der Waals surface area contributed by atoms with E-state index in [1.165, 1.54) is 10.5 Å². The monoisotopic (exact) mass is 144 g/mol. The van der Waals surface area contributed by atoms with Gasteiger partial charge in [0.15, 0.2) is 0 Å². The van der Waals surface area contributed by atoms with E-state index in [2.05, 4.69) is 25.3 Å². The van der Waals surface area contributed by atoms with Gasteiger partial charge in [0.25, 0.3) is 0 Å². The van der Waals surface area contributed by atoms with Gasteiger partial charge in [0.05, 0.1) is 0 Å². The van der Waals surface area contributed by atoms with Crippen LogP contribution in [0.15, 0.2) is 22.0 Å². The Hall–Kier alpha value is 0.180. The van der Waals surface area contributed by atoms with Gasteiger partial charge in [-0.1, -0.05) is 27.7 Å². The van der Waals surface area contributed by atoms with E-state index in [0.29, 0.717) is 0 Å². The lowest BCUT2D eigenvalue weighted by molar-refractivity contribution is 1.46. The summed E-state index contributed by atoms with van der Waals surface area (Å²) in [6.07, 6.45) is 2.15. The van der Waals surface area contributed by atoms with Crippen molar-refractivity contribution >= 4 is 21.6 Å². The minimum absolute atomic E-state index is 1.40. The molecule has 0 unspecified atom stereocenters. The second-order valence-corrected chi connectivity index (χ2v) is 4.04. The minimum atomic E-state index is 1.40. The van der Waals surface area contributed by atoms with E-state index in [0.717, 1.165) is 0 Å². The van der Waals surface area contributed by atoms with Gasteiger partial charge in [-0.2, -0.15) is 0 Å². The quantitative estimate of drug-likeness (QED) is 0.479. The first-order valence-corrected chi connectivity index (χ1v) is 4.69. The third kappa shape index (κ3) is 1.33. The number of rotatable bonds is 0. The largest absolute Gasteiger partial charge is 0.0609 e. The molecule has 1 heterocycles. The smallest absolute Gasteiger partial charge is 0.00404 e. The average molecular weight is 144 g/mol. The molecule has 1 rings (SSSR count). The van der Waals surface area contributed by atoms with Gasteiger partial charge >= 0.3 is 0 Å². The number of hydrogen-bond donors (Lipinski definition) is 0. The van der Waals surface area contributed by atoms with Gasteiger partial charge in [-0.25, -0.2) is 0 Å². The van der Waals surface area contributed by atoms with E-state index >= 15 is 0 Å². The zero-order chi connectivity index (χ0) is 5.98. The van der Waals surface area contributed by atoms with E-state index in [1.807, 2.05) is 10.8 Å². The summed E-state index contributed by atoms with van der Waals surface area (Å²) in [6.45, 7) is 4.29.